The minimum Gasteiger partial charge on any atom is -0.478 e. The van der Waals surface area contributed by atoms with Crippen molar-refractivity contribution in [2.45, 2.75) is 6.54 Å². The molecule has 1 aromatic heterocycles. The van der Waals surface area contributed by atoms with Crippen molar-refractivity contribution in [3.63, 3.8) is 0 Å². The topological polar surface area (TPSA) is 42.2 Å². The van der Waals surface area contributed by atoms with E-state index in [1.807, 2.05) is 22.9 Å². The highest BCUT2D eigenvalue weighted by Crippen LogP contribution is 2.19. The molecule has 0 aliphatic heterocycles. The van der Waals surface area contributed by atoms with Gasteiger partial charge in [0.15, 0.2) is 0 Å². The van der Waals surface area contributed by atoms with Crippen molar-refractivity contribution >= 4 is 32.8 Å². The molecule has 0 saturated heterocycles. The molecule has 0 spiro atoms. The molecule has 2 rings (SSSR count). The number of aromatic nitrogens is 1. The second-order valence-corrected chi connectivity index (χ2v) is 4.66. The molecule has 0 fully saturated rings. The fourth-order valence-corrected chi connectivity index (χ4v) is 1.93. The van der Waals surface area contributed by atoms with E-state index in [1.165, 1.54) is 0 Å². The zero-order chi connectivity index (χ0) is 11.7. The molecule has 82 valence electrons. The van der Waals surface area contributed by atoms with Gasteiger partial charge in [-0.05, 0) is 24.3 Å². The molecule has 0 radical (unpaired) electrons. The van der Waals surface area contributed by atoms with E-state index in [2.05, 4.69) is 22.5 Å². The van der Waals surface area contributed by atoms with Gasteiger partial charge >= 0.3 is 5.97 Å². The number of rotatable bonds is 3. The van der Waals surface area contributed by atoms with E-state index >= 15 is 0 Å². The molecular formula is C12H10BrNO2. The Bertz CT molecular complexity index is 571. The van der Waals surface area contributed by atoms with Crippen LogP contribution in [0.15, 0.2) is 41.5 Å². The van der Waals surface area contributed by atoms with E-state index in [4.69, 9.17) is 5.11 Å². The average molecular weight is 280 g/mol. The van der Waals surface area contributed by atoms with Crippen molar-refractivity contribution < 1.29 is 9.90 Å². The Balaban J connectivity index is 2.50. The first kappa shape index (κ1) is 11.0. The van der Waals surface area contributed by atoms with Gasteiger partial charge in [0.2, 0.25) is 0 Å². The number of allylic oxidation sites excluding steroid dienone is 1. The van der Waals surface area contributed by atoms with Gasteiger partial charge in [-0.1, -0.05) is 22.5 Å². The van der Waals surface area contributed by atoms with Gasteiger partial charge in [0.1, 0.15) is 0 Å². The SMILES string of the molecule is C=C(Br)Cn1ccc2cc(C(=O)O)ccc21. The molecule has 4 heteroatoms. The van der Waals surface area contributed by atoms with E-state index in [-0.39, 0.29) is 0 Å². The molecule has 2 aromatic rings. The minimum atomic E-state index is -0.903. The maximum atomic E-state index is 10.8. The molecule has 3 nitrogen and oxygen atoms in total. The number of nitrogens with zero attached hydrogens (tertiary/aromatic N) is 1. The van der Waals surface area contributed by atoms with Crippen LogP contribution < -0.4 is 0 Å². The molecule has 0 atom stereocenters. The number of aromatic carboxylic acids is 1. The number of hydrogen-bond donors (Lipinski definition) is 1. The fourth-order valence-electron chi connectivity index (χ4n) is 1.66. The quantitative estimate of drug-likeness (QED) is 0.937. The number of carbonyl (C=O) groups is 1. The normalized spacial score (nSPS) is 10.6. The van der Waals surface area contributed by atoms with E-state index in [0.29, 0.717) is 12.1 Å². The molecule has 1 heterocycles. The largest absolute Gasteiger partial charge is 0.478 e. The van der Waals surface area contributed by atoms with Crippen LogP contribution in [0.2, 0.25) is 0 Å². The van der Waals surface area contributed by atoms with Gasteiger partial charge in [-0.25, -0.2) is 4.79 Å². The second kappa shape index (κ2) is 4.14. The van der Waals surface area contributed by atoms with Gasteiger partial charge < -0.3 is 9.67 Å². The van der Waals surface area contributed by atoms with Gasteiger partial charge in [-0.15, -0.1) is 0 Å². The smallest absolute Gasteiger partial charge is 0.335 e. The molecule has 0 unspecified atom stereocenters. The molecule has 1 aromatic carbocycles. The summed E-state index contributed by atoms with van der Waals surface area (Å²) < 4.78 is 2.89. The molecule has 1 N–H and O–H groups in total. The predicted molar refractivity (Wildman–Crippen MR) is 67.0 cm³/mol. The lowest BCUT2D eigenvalue weighted by atomic mass is 10.1. The first-order valence-corrected chi connectivity index (χ1v) is 5.52. The van der Waals surface area contributed by atoms with E-state index in [1.54, 1.807) is 12.1 Å². The highest BCUT2D eigenvalue weighted by atomic mass is 79.9. The number of hydrogen-bond acceptors (Lipinski definition) is 1. The average Bonchev–Trinajstić information content (AvgIpc) is 2.60. The van der Waals surface area contributed by atoms with Crippen molar-refractivity contribution in [2.75, 3.05) is 0 Å². The number of halogens is 1. The summed E-state index contributed by atoms with van der Waals surface area (Å²) in [5.74, 6) is -0.903. The minimum absolute atomic E-state index is 0.308. The van der Waals surface area contributed by atoms with E-state index < -0.39 is 5.97 Å². The molecule has 0 aliphatic rings. The number of carboxylic acids is 1. The third kappa shape index (κ3) is 2.02. The van der Waals surface area contributed by atoms with Gasteiger partial charge in [0, 0.05) is 21.6 Å². The summed E-state index contributed by atoms with van der Waals surface area (Å²) in [7, 11) is 0. The highest BCUT2D eigenvalue weighted by molar-refractivity contribution is 9.11. The van der Waals surface area contributed by atoms with Crippen LogP contribution in [0.4, 0.5) is 0 Å². The maximum absolute atomic E-state index is 10.8. The van der Waals surface area contributed by atoms with Crippen LogP contribution in [0.5, 0.6) is 0 Å². The molecule has 0 aliphatic carbocycles. The Morgan fingerprint density at radius 3 is 2.81 bits per heavy atom. The number of benzene rings is 1. The van der Waals surface area contributed by atoms with Crippen molar-refractivity contribution in [2.24, 2.45) is 0 Å². The molecule has 16 heavy (non-hydrogen) atoms. The molecule has 0 amide bonds. The number of fused-ring (bicyclic) bond motifs is 1. The van der Waals surface area contributed by atoms with Crippen LogP contribution in [0, 0.1) is 0 Å². The fraction of sp³-hybridized carbons (Fsp3) is 0.0833. The zero-order valence-electron chi connectivity index (χ0n) is 8.48. The third-order valence-corrected chi connectivity index (χ3v) is 2.61. The van der Waals surface area contributed by atoms with Gasteiger partial charge in [0.05, 0.1) is 12.1 Å². The van der Waals surface area contributed by atoms with Gasteiger partial charge in [-0.2, -0.15) is 0 Å². The Kier molecular flexibility index (Phi) is 2.83. The lowest BCUT2D eigenvalue weighted by Crippen LogP contribution is -1.97. The zero-order valence-corrected chi connectivity index (χ0v) is 10.1. The maximum Gasteiger partial charge on any atom is 0.335 e. The number of carboxylic acid groups (broad SMARTS) is 1. The van der Waals surface area contributed by atoms with Crippen LogP contribution in [0.1, 0.15) is 10.4 Å². The lowest BCUT2D eigenvalue weighted by molar-refractivity contribution is 0.0697. The van der Waals surface area contributed by atoms with Crippen molar-refractivity contribution in [3.8, 4) is 0 Å². The molecule has 0 saturated carbocycles. The summed E-state index contributed by atoms with van der Waals surface area (Å²) in [5, 5.41) is 9.79. The Morgan fingerprint density at radius 2 is 2.19 bits per heavy atom. The van der Waals surface area contributed by atoms with Crippen LogP contribution in [0.25, 0.3) is 10.9 Å². The van der Waals surface area contributed by atoms with Crippen LogP contribution in [-0.2, 0) is 6.54 Å². The van der Waals surface area contributed by atoms with Crippen LogP contribution in [0.3, 0.4) is 0 Å². The Labute approximate surface area is 101 Å². The van der Waals surface area contributed by atoms with E-state index in [0.717, 1.165) is 15.4 Å². The van der Waals surface area contributed by atoms with Crippen LogP contribution in [-0.4, -0.2) is 15.6 Å². The second-order valence-electron chi connectivity index (χ2n) is 3.54. The summed E-state index contributed by atoms with van der Waals surface area (Å²) in [6, 6.07) is 7.00. The highest BCUT2D eigenvalue weighted by Gasteiger charge is 2.06. The molecule has 0 bridgehead atoms. The third-order valence-electron chi connectivity index (χ3n) is 2.36. The summed E-state index contributed by atoms with van der Waals surface area (Å²) in [4.78, 5) is 10.8. The van der Waals surface area contributed by atoms with Crippen molar-refractivity contribution in [3.05, 3.63) is 47.1 Å². The summed E-state index contributed by atoms with van der Waals surface area (Å²) in [5.41, 5.74) is 1.31. The molecular weight excluding hydrogens is 270 g/mol. The first-order chi connectivity index (χ1) is 7.58. The van der Waals surface area contributed by atoms with Crippen molar-refractivity contribution in [1.29, 1.82) is 0 Å². The van der Waals surface area contributed by atoms with Gasteiger partial charge in [-0.3, -0.25) is 0 Å². The summed E-state index contributed by atoms with van der Waals surface area (Å²) >= 11 is 3.31. The Hall–Kier alpha value is -1.55. The summed E-state index contributed by atoms with van der Waals surface area (Å²) in [6.07, 6.45) is 1.92. The van der Waals surface area contributed by atoms with Crippen LogP contribution >= 0.6 is 15.9 Å². The lowest BCUT2D eigenvalue weighted by Gasteiger charge is -2.03. The van der Waals surface area contributed by atoms with E-state index in [9.17, 15) is 4.79 Å². The van der Waals surface area contributed by atoms with Gasteiger partial charge in [0.25, 0.3) is 0 Å². The standard InChI is InChI=1S/C12H10BrNO2/c1-8(13)7-14-5-4-9-6-10(12(15)16)2-3-11(9)14/h2-6H,1,7H2,(H,15,16). The predicted octanol–water partition coefficient (Wildman–Crippen LogP) is 3.25. The Morgan fingerprint density at radius 1 is 1.44 bits per heavy atom. The monoisotopic (exact) mass is 279 g/mol. The first-order valence-electron chi connectivity index (χ1n) is 4.73. The van der Waals surface area contributed by atoms with Crippen molar-refractivity contribution in [1.82, 2.24) is 4.57 Å². The summed E-state index contributed by atoms with van der Waals surface area (Å²) in [6.45, 7) is 4.46.